The average molecular weight is 408 g/mol. The Bertz CT molecular complexity index is 786. The van der Waals surface area contributed by atoms with Crippen LogP contribution < -0.4 is 0 Å². The van der Waals surface area contributed by atoms with E-state index in [4.69, 9.17) is 9.47 Å². The second-order valence-corrected chi connectivity index (χ2v) is 7.60. The molecule has 2 heterocycles. The summed E-state index contributed by atoms with van der Waals surface area (Å²) in [6.07, 6.45) is 4.09. The van der Waals surface area contributed by atoms with Gasteiger partial charge in [0, 0.05) is 13.1 Å². The Hall–Kier alpha value is -2.84. The first-order chi connectivity index (χ1) is 13.6. The van der Waals surface area contributed by atoms with Crippen molar-refractivity contribution >= 4 is 23.9 Å². The van der Waals surface area contributed by atoms with Crippen LogP contribution in [0.3, 0.4) is 0 Å². The van der Waals surface area contributed by atoms with E-state index in [0.29, 0.717) is 5.57 Å². The van der Waals surface area contributed by atoms with Crippen LogP contribution >= 0.6 is 0 Å². The average Bonchev–Trinajstić information content (AvgIpc) is 2.68. The van der Waals surface area contributed by atoms with Gasteiger partial charge < -0.3 is 24.6 Å². The molecule has 0 aromatic rings. The highest BCUT2D eigenvalue weighted by Gasteiger charge is 2.49. The predicted octanol–water partition coefficient (Wildman–Crippen LogP) is 2.68. The zero-order chi connectivity index (χ0) is 21.8. The standard InChI is InChI=1S/C20H28N2O7/c1-5-6-11-29-18(27)22-10-8-13(20(3,12-22)17(25)26)15-19(2,16(23)24)9-7-14(21-15)28-4/h7,9H,5-6,8,10-12H2,1-4H3,(H,23,24)(H,25,26). The lowest BCUT2D eigenvalue weighted by Gasteiger charge is -2.41. The van der Waals surface area contributed by atoms with E-state index in [1.54, 1.807) is 0 Å². The maximum Gasteiger partial charge on any atom is 0.409 e. The maximum absolute atomic E-state index is 12.3. The third kappa shape index (κ3) is 4.28. The number of aliphatic carboxylic acids is 2. The maximum atomic E-state index is 12.3. The van der Waals surface area contributed by atoms with Gasteiger partial charge in [-0.1, -0.05) is 19.4 Å². The summed E-state index contributed by atoms with van der Waals surface area (Å²) >= 11 is 0. The number of carbonyl (C=O) groups excluding carboxylic acids is 1. The van der Waals surface area contributed by atoms with E-state index in [0.717, 1.165) is 12.8 Å². The molecular formula is C20H28N2O7. The van der Waals surface area contributed by atoms with Crippen LogP contribution in [0.4, 0.5) is 4.79 Å². The fraction of sp³-hybridized carbons (Fsp3) is 0.600. The van der Waals surface area contributed by atoms with Crippen LogP contribution in [0.25, 0.3) is 0 Å². The topological polar surface area (TPSA) is 126 Å². The first-order valence-electron chi connectivity index (χ1n) is 9.54. The van der Waals surface area contributed by atoms with Gasteiger partial charge in [-0.25, -0.2) is 9.79 Å². The summed E-state index contributed by atoms with van der Waals surface area (Å²) in [5, 5.41) is 19.8. The summed E-state index contributed by atoms with van der Waals surface area (Å²) in [5.74, 6) is -2.12. The van der Waals surface area contributed by atoms with E-state index < -0.39 is 28.9 Å². The van der Waals surface area contributed by atoms with Gasteiger partial charge in [0.25, 0.3) is 0 Å². The summed E-state index contributed by atoms with van der Waals surface area (Å²) in [6, 6.07) is 0. The molecule has 29 heavy (non-hydrogen) atoms. The molecule has 2 N–H and O–H groups in total. The number of hydrogen-bond acceptors (Lipinski definition) is 6. The zero-order valence-electron chi connectivity index (χ0n) is 17.2. The molecule has 0 aromatic heterocycles. The van der Waals surface area contributed by atoms with Gasteiger partial charge in [0.15, 0.2) is 0 Å². The lowest BCUT2D eigenvalue weighted by atomic mass is 9.71. The molecule has 9 heteroatoms. The van der Waals surface area contributed by atoms with Crippen molar-refractivity contribution in [2.24, 2.45) is 15.8 Å². The monoisotopic (exact) mass is 408 g/mol. The fourth-order valence-corrected chi connectivity index (χ4v) is 3.45. The number of hydrogen-bond donors (Lipinski definition) is 2. The van der Waals surface area contributed by atoms with E-state index in [-0.39, 0.29) is 37.7 Å². The first kappa shape index (κ1) is 22.4. The summed E-state index contributed by atoms with van der Waals surface area (Å²) in [6.45, 7) is 5.27. The Morgan fingerprint density at radius 2 is 1.93 bits per heavy atom. The van der Waals surface area contributed by atoms with E-state index in [2.05, 4.69) is 4.99 Å². The van der Waals surface area contributed by atoms with Crippen molar-refractivity contribution in [1.29, 1.82) is 0 Å². The number of methoxy groups -OCH3 is 1. The molecule has 160 valence electrons. The number of nitrogens with zero attached hydrogens (tertiary/aromatic N) is 2. The molecule has 1 fully saturated rings. The molecule has 1 amide bonds. The van der Waals surface area contributed by atoms with Crippen LogP contribution in [-0.4, -0.2) is 65.8 Å². The molecule has 2 unspecified atom stereocenters. The predicted molar refractivity (Wildman–Crippen MR) is 105 cm³/mol. The van der Waals surface area contributed by atoms with Crippen LogP contribution in [0.1, 0.15) is 40.0 Å². The summed E-state index contributed by atoms with van der Waals surface area (Å²) in [5.41, 5.74) is -2.51. The normalized spacial score (nSPS) is 29.2. The highest BCUT2D eigenvalue weighted by atomic mass is 16.6. The molecule has 0 aromatic carbocycles. The van der Waals surface area contributed by atoms with Gasteiger partial charge >= 0.3 is 18.0 Å². The number of unbranched alkanes of at least 4 members (excludes halogenated alkanes) is 1. The highest BCUT2D eigenvalue weighted by molar-refractivity contribution is 5.95. The van der Waals surface area contributed by atoms with E-state index in [9.17, 15) is 24.6 Å². The Kier molecular flexibility index (Phi) is 6.71. The lowest BCUT2D eigenvalue weighted by Crippen LogP contribution is -2.51. The zero-order valence-corrected chi connectivity index (χ0v) is 17.2. The van der Waals surface area contributed by atoms with Crippen LogP contribution in [-0.2, 0) is 19.1 Å². The number of rotatable bonds is 5. The van der Waals surface area contributed by atoms with Crippen LogP contribution in [0.5, 0.6) is 0 Å². The molecule has 2 atom stereocenters. The number of aliphatic imine (C=N–C) groups is 1. The molecule has 0 spiro atoms. The molecule has 0 radical (unpaired) electrons. The van der Waals surface area contributed by atoms with Crippen molar-refractivity contribution in [2.75, 3.05) is 26.8 Å². The SMILES string of the molecule is CCCCOC(=O)N1CCC(=C2N=C(OC)C=CC2(C)C(=O)O)C(C)(C(=O)O)C1. The van der Waals surface area contributed by atoms with Gasteiger partial charge in [0.1, 0.15) is 10.8 Å². The van der Waals surface area contributed by atoms with Gasteiger partial charge in [-0.2, -0.15) is 0 Å². The van der Waals surface area contributed by atoms with E-state index in [1.165, 1.54) is 38.0 Å². The van der Waals surface area contributed by atoms with Gasteiger partial charge in [-0.15, -0.1) is 0 Å². The molecular weight excluding hydrogens is 380 g/mol. The number of amides is 1. The van der Waals surface area contributed by atoms with Crippen molar-refractivity contribution in [3.8, 4) is 0 Å². The van der Waals surface area contributed by atoms with Crippen molar-refractivity contribution in [2.45, 2.75) is 40.0 Å². The third-order valence-corrected chi connectivity index (χ3v) is 5.47. The second kappa shape index (κ2) is 8.67. The number of dihydropyridines is 1. The molecule has 9 nitrogen and oxygen atoms in total. The first-order valence-corrected chi connectivity index (χ1v) is 9.54. The molecule has 0 bridgehead atoms. The van der Waals surface area contributed by atoms with Gasteiger partial charge in [-0.05, 0) is 38.3 Å². The quantitative estimate of drug-likeness (QED) is 0.670. The molecule has 2 aliphatic heterocycles. The lowest BCUT2D eigenvalue weighted by molar-refractivity contribution is -0.148. The number of carbonyl (C=O) groups is 3. The summed E-state index contributed by atoms with van der Waals surface area (Å²) in [4.78, 5) is 42.2. The Morgan fingerprint density at radius 3 is 2.48 bits per heavy atom. The Labute approximate surface area is 169 Å². The van der Waals surface area contributed by atoms with E-state index >= 15 is 0 Å². The molecule has 0 saturated carbocycles. The smallest absolute Gasteiger partial charge is 0.409 e. The number of ether oxygens (including phenoxy) is 2. The summed E-state index contributed by atoms with van der Waals surface area (Å²) in [7, 11) is 1.40. The largest absolute Gasteiger partial charge is 0.481 e. The van der Waals surface area contributed by atoms with Gasteiger partial charge in [-0.3, -0.25) is 9.59 Å². The van der Waals surface area contributed by atoms with Crippen molar-refractivity contribution in [3.05, 3.63) is 23.4 Å². The minimum Gasteiger partial charge on any atom is -0.481 e. The highest BCUT2D eigenvalue weighted by Crippen LogP contribution is 2.45. The Morgan fingerprint density at radius 1 is 1.24 bits per heavy atom. The molecule has 2 rings (SSSR count). The number of piperidine rings is 1. The second-order valence-electron chi connectivity index (χ2n) is 7.60. The van der Waals surface area contributed by atoms with Crippen LogP contribution in [0, 0.1) is 10.8 Å². The molecule has 1 saturated heterocycles. The van der Waals surface area contributed by atoms with Crippen molar-refractivity contribution < 1.29 is 34.1 Å². The molecule has 0 aliphatic carbocycles. The fourth-order valence-electron chi connectivity index (χ4n) is 3.45. The minimum absolute atomic E-state index is 0.133. The number of carboxylic acid groups (broad SMARTS) is 2. The van der Waals surface area contributed by atoms with Gasteiger partial charge in [0.05, 0.1) is 19.4 Å². The van der Waals surface area contributed by atoms with Crippen molar-refractivity contribution in [3.63, 3.8) is 0 Å². The van der Waals surface area contributed by atoms with E-state index in [1.807, 2.05) is 6.92 Å². The summed E-state index contributed by atoms with van der Waals surface area (Å²) < 4.78 is 10.3. The van der Waals surface area contributed by atoms with Crippen LogP contribution in [0.2, 0.25) is 0 Å². The van der Waals surface area contributed by atoms with Gasteiger partial charge in [0.2, 0.25) is 5.90 Å². The number of carboxylic acids is 2. The third-order valence-electron chi connectivity index (χ3n) is 5.47. The van der Waals surface area contributed by atoms with Crippen molar-refractivity contribution in [1.82, 2.24) is 4.90 Å². The Balaban J connectivity index is 2.47. The minimum atomic E-state index is -1.51. The molecule has 2 aliphatic rings. The van der Waals surface area contributed by atoms with Crippen LogP contribution in [0.15, 0.2) is 28.4 Å². The number of likely N-dealkylation sites (tertiary alicyclic amines) is 1.